The van der Waals surface area contributed by atoms with Crippen LogP contribution in [-0.4, -0.2) is 48.7 Å². The summed E-state index contributed by atoms with van der Waals surface area (Å²) < 4.78 is 0. The van der Waals surface area contributed by atoms with E-state index in [4.69, 9.17) is 5.11 Å². The van der Waals surface area contributed by atoms with Crippen LogP contribution in [0.5, 0.6) is 0 Å². The van der Waals surface area contributed by atoms with Crippen LogP contribution >= 0.6 is 0 Å². The van der Waals surface area contributed by atoms with Crippen molar-refractivity contribution in [1.82, 2.24) is 10.2 Å². The van der Waals surface area contributed by atoms with Crippen molar-refractivity contribution in [3.63, 3.8) is 0 Å². The molecule has 2 N–H and O–H groups in total. The van der Waals surface area contributed by atoms with Crippen LogP contribution in [0.3, 0.4) is 0 Å². The maximum atomic E-state index is 9.86. The maximum Gasteiger partial charge on any atom is 0.207 e. The fourth-order valence-corrected chi connectivity index (χ4v) is 1.30. The highest BCUT2D eigenvalue weighted by molar-refractivity contribution is 5.45. The van der Waals surface area contributed by atoms with Crippen LogP contribution in [0.15, 0.2) is 0 Å². The zero-order valence-corrected chi connectivity index (χ0v) is 6.49. The molecule has 1 heterocycles. The number of hydrogen-bond acceptors (Lipinski definition) is 3. The topological polar surface area (TPSA) is 52.6 Å². The third-order valence-corrected chi connectivity index (χ3v) is 1.90. The molecular formula is C7H14N2O2. The van der Waals surface area contributed by atoms with Crippen LogP contribution in [0, 0.1) is 0 Å². The molecule has 1 rings (SSSR count). The molecule has 0 aromatic carbocycles. The van der Waals surface area contributed by atoms with Crippen LogP contribution in [0.2, 0.25) is 0 Å². The van der Waals surface area contributed by atoms with E-state index in [1.54, 1.807) is 0 Å². The van der Waals surface area contributed by atoms with Gasteiger partial charge in [-0.15, -0.1) is 0 Å². The molecule has 4 heteroatoms. The predicted molar refractivity (Wildman–Crippen MR) is 41.1 cm³/mol. The van der Waals surface area contributed by atoms with Gasteiger partial charge in [0.1, 0.15) is 0 Å². The SMILES string of the molecule is O=CNCCN1CC[C@H](O)C1. The minimum absolute atomic E-state index is 0.161. The van der Waals surface area contributed by atoms with Gasteiger partial charge in [0.05, 0.1) is 6.10 Å². The Hall–Kier alpha value is -0.610. The van der Waals surface area contributed by atoms with Gasteiger partial charge >= 0.3 is 0 Å². The third-order valence-electron chi connectivity index (χ3n) is 1.90. The number of amides is 1. The van der Waals surface area contributed by atoms with Crippen molar-refractivity contribution in [2.75, 3.05) is 26.2 Å². The lowest BCUT2D eigenvalue weighted by molar-refractivity contribution is -0.109. The molecule has 0 aromatic heterocycles. The predicted octanol–water partition coefficient (Wildman–Crippen LogP) is -1.20. The Bertz CT molecular complexity index is 130. The average Bonchev–Trinajstić information content (AvgIpc) is 2.37. The largest absolute Gasteiger partial charge is 0.392 e. The molecule has 1 amide bonds. The molecule has 0 saturated carbocycles. The second-order valence-electron chi connectivity index (χ2n) is 2.82. The number of aliphatic hydroxyl groups is 1. The quantitative estimate of drug-likeness (QED) is 0.399. The minimum atomic E-state index is -0.161. The average molecular weight is 158 g/mol. The van der Waals surface area contributed by atoms with Crippen LogP contribution < -0.4 is 5.32 Å². The third kappa shape index (κ3) is 2.86. The number of hydrogen-bond donors (Lipinski definition) is 2. The molecule has 0 spiro atoms. The smallest absolute Gasteiger partial charge is 0.207 e. The van der Waals surface area contributed by atoms with Gasteiger partial charge in [-0.3, -0.25) is 9.69 Å². The van der Waals surface area contributed by atoms with Crippen LogP contribution in [-0.2, 0) is 4.79 Å². The first kappa shape index (κ1) is 8.49. The summed E-state index contributed by atoms with van der Waals surface area (Å²) >= 11 is 0. The molecule has 1 aliphatic heterocycles. The van der Waals surface area contributed by atoms with E-state index in [1.807, 2.05) is 0 Å². The van der Waals surface area contributed by atoms with Gasteiger partial charge in [-0.1, -0.05) is 0 Å². The standard InChI is InChI=1S/C7H14N2O2/c10-6-8-2-4-9-3-1-7(11)5-9/h6-7,11H,1-5H2,(H,8,10)/t7-/m0/s1. The summed E-state index contributed by atoms with van der Waals surface area (Å²) in [6.45, 7) is 3.22. The number of nitrogens with one attached hydrogen (secondary N) is 1. The molecule has 0 aliphatic carbocycles. The van der Waals surface area contributed by atoms with Crippen molar-refractivity contribution >= 4 is 6.41 Å². The molecule has 64 valence electrons. The van der Waals surface area contributed by atoms with Gasteiger partial charge in [0.2, 0.25) is 6.41 Å². The van der Waals surface area contributed by atoms with Gasteiger partial charge in [-0.2, -0.15) is 0 Å². The summed E-state index contributed by atoms with van der Waals surface area (Å²) in [6, 6.07) is 0. The lowest BCUT2D eigenvalue weighted by Gasteiger charge is -2.13. The van der Waals surface area contributed by atoms with Crippen molar-refractivity contribution in [1.29, 1.82) is 0 Å². The number of β-amino-alcohol motifs (C(OH)–C–C–N with tert-alkyl or cyclic N) is 1. The minimum Gasteiger partial charge on any atom is -0.392 e. The Labute approximate surface area is 66.2 Å². The van der Waals surface area contributed by atoms with Gasteiger partial charge in [0.25, 0.3) is 0 Å². The molecule has 1 fully saturated rings. The van der Waals surface area contributed by atoms with Crippen molar-refractivity contribution in [3.05, 3.63) is 0 Å². The molecule has 0 bridgehead atoms. The second kappa shape index (κ2) is 4.31. The number of aliphatic hydroxyl groups excluding tert-OH is 1. The summed E-state index contributed by atoms with van der Waals surface area (Å²) in [5.74, 6) is 0. The van der Waals surface area contributed by atoms with Gasteiger partial charge < -0.3 is 10.4 Å². The summed E-state index contributed by atoms with van der Waals surface area (Å²) in [7, 11) is 0. The van der Waals surface area contributed by atoms with Crippen molar-refractivity contribution in [2.45, 2.75) is 12.5 Å². The molecular weight excluding hydrogens is 144 g/mol. The maximum absolute atomic E-state index is 9.86. The Morgan fingerprint density at radius 2 is 2.55 bits per heavy atom. The van der Waals surface area contributed by atoms with E-state index in [0.29, 0.717) is 13.0 Å². The molecule has 1 saturated heterocycles. The number of carbonyl (C=O) groups excluding carboxylic acids is 1. The highest BCUT2D eigenvalue weighted by atomic mass is 16.3. The van der Waals surface area contributed by atoms with Gasteiger partial charge in [-0.25, -0.2) is 0 Å². The first-order valence-corrected chi connectivity index (χ1v) is 3.90. The number of nitrogens with zero attached hydrogens (tertiary/aromatic N) is 1. The number of carbonyl (C=O) groups is 1. The van der Waals surface area contributed by atoms with Crippen molar-refractivity contribution in [3.8, 4) is 0 Å². The highest BCUT2D eigenvalue weighted by Gasteiger charge is 2.18. The molecule has 1 atom stereocenters. The van der Waals surface area contributed by atoms with Gasteiger partial charge in [-0.05, 0) is 6.42 Å². The lowest BCUT2D eigenvalue weighted by Crippen LogP contribution is -2.30. The Balaban J connectivity index is 2.03. The molecule has 0 aromatic rings. The van der Waals surface area contributed by atoms with E-state index in [1.165, 1.54) is 0 Å². The van der Waals surface area contributed by atoms with E-state index < -0.39 is 0 Å². The van der Waals surface area contributed by atoms with Crippen LogP contribution in [0.1, 0.15) is 6.42 Å². The second-order valence-corrected chi connectivity index (χ2v) is 2.82. The summed E-state index contributed by atoms with van der Waals surface area (Å²) in [5, 5.41) is 11.7. The fraction of sp³-hybridized carbons (Fsp3) is 0.857. The van der Waals surface area contributed by atoms with E-state index >= 15 is 0 Å². The Kier molecular flexibility index (Phi) is 3.32. The normalized spacial score (nSPS) is 25.4. The van der Waals surface area contributed by atoms with E-state index in [9.17, 15) is 4.79 Å². The summed E-state index contributed by atoms with van der Waals surface area (Å²) in [5.41, 5.74) is 0. The number of likely N-dealkylation sites (tertiary alicyclic amines) is 1. The van der Waals surface area contributed by atoms with Gasteiger partial charge in [0, 0.05) is 26.2 Å². The first-order chi connectivity index (χ1) is 5.33. The zero-order valence-electron chi connectivity index (χ0n) is 6.49. The van der Waals surface area contributed by atoms with E-state index in [-0.39, 0.29) is 6.10 Å². The van der Waals surface area contributed by atoms with Crippen LogP contribution in [0.25, 0.3) is 0 Å². The lowest BCUT2D eigenvalue weighted by atomic mass is 10.3. The van der Waals surface area contributed by atoms with Gasteiger partial charge in [0.15, 0.2) is 0 Å². The summed E-state index contributed by atoms with van der Waals surface area (Å²) in [6.07, 6.45) is 1.40. The number of rotatable bonds is 4. The Morgan fingerprint density at radius 1 is 1.73 bits per heavy atom. The fourth-order valence-electron chi connectivity index (χ4n) is 1.30. The molecule has 1 aliphatic rings. The molecule has 11 heavy (non-hydrogen) atoms. The van der Waals surface area contributed by atoms with Crippen LogP contribution in [0.4, 0.5) is 0 Å². The summed E-state index contributed by atoms with van der Waals surface area (Å²) in [4.78, 5) is 12.0. The first-order valence-electron chi connectivity index (χ1n) is 3.90. The Morgan fingerprint density at radius 3 is 3.09 bits per heavy atom. The van der Waals surface area contributed by atoms with Crippen molar-refractivity contribution < 1.29 is 9.90 Å². The molecule has 0 radical (unpaired) electrons. The molecule has 0 unspecified atom stereocenters. The van der Waals surface area contributed by atoms with E-state index in [0.717, 1.165) is 26.1 Å². The van der Waals surface area contributed by atoms with Crippen molar-refractivity contribution in [2.24, 2.45) is 0 Å². The highest BCUT2D eigenvalue weighted by Crippen LogP contribution is 2.06. The molecule has 4 nitrogen and oxygen atoms in total. The zero-order chi connectivity index (χ0) is 8.10. The van der Waals surface area contributed by atoms with E-state index in [2.05, 4.69) is 10.2 Å². The monoisotopic (exact) mass is 158 g/mol.